The number of rotatable bonds is 5. The number of aromatic nitrogens is 3. The Hall–Kier alpha value is -3.64. The number of anilines is 2. The van der Waals surface area contributed by atoms with Gasteiger partial charge < -0.3 is 19.9 Å². The van der Waals surface area contributed by atoms with E-state index in [9.17, 15) is 5.26 Å². The molecule has 9 nitrogen and oxygen atoms in total. The Labute approximate surface area is 241 Å². The first-order chi connectivity index (χ1) is 20.0. The van der Waals surface area contributed by atoms with Crippen molar-refractivity contribution in [3.63, 3.8) is 0 Å². The topological polar surface area (TPSA) is 117 Å². The maximum absolute atomic E-state index is 10.1. The molecule has 0 radical (unpaired) electrons. The maximum Gasteiger partial charge on any atom is 0.219 e. The third-order valence-corrected chi connectivity index (χ3v) is 9.99. The Balaban J connectivity index is 1.30. The van der Waals surface area contributed by atoms with E-state index in [1.807, 2.05) is 12.1 Å². The van der Waals surface area contributed by atoms with Crippen LogP contribution >= 0.6 is 0 Å². The van der Waals surface area contributed by atoms with E-state index in [1.165, 1.54) is 18.4 Å². The summed E-state index contributed by atoms with van der Waals surface area (Å²) in [5, 5.41) is 14.7. The van der Waals surface area contributed by atoms with Crippen molar-refractivity contribution < 1.29 is 9.26 Å². The van der Waals surface area contributed by atoms with E-state index in [0.29, 0.717) is 34.7 Å². The summed E-state index contributed by atoms with van der Waals surface area (Å²) in [5.41, 5.74) is 11.0. The third kappa shape index (κ3) is 4.35. The van der Waals surface area contributed by atoms with E-state index in [0.717, 1.165) is 93.7 Å². The van der Waals surface area contributed by atoms with Gasteiger partial charge in [0.2, 0.25) is 5.88 Å². The zero-order chi connectivity index (χ0) is 28.1. The minimum Gasteiger partial charge on any atom is -0.473 e. The van der Waals surface area contributed by atoms with Crippen molar-refractivity contribution in [1.82, 2.24) is 20.0 Å². The van der Waals surface area contributed by atoms with Gasteiger partial charge >= 0.3 is 0 Å². The number of fused-ring (bicyclic) bond motifs is 4. The van der Waals surface area contributed by atoms with Crippen molar-refractivity contribution in [2.24, 2.45) is 0 Å². The number of ether oxygens (including phenoxy) is 1. The second kappa shape index (κ2) is 10.3. The van der Waals surface area contributed by atoms with Gasteiger partial charge in [0.1, 0.15) is 18.0 Å². The Morgan fingerprint density at radius 3 is 2.73 bits per heavy atom. The van der Waals surface area contributed by atoms with Gasteiger partial charge in [0.05, 0.1) is 11.0 Å². The van der Waals surface area contributed by atoms with E-state index in [1.54, 1.807) is 0 Å². The molecule has 3 unspecified atom stereocenters. The molecule has 4 heterocycles. The van der Waals surface area contributed by atoms with Crippen LogP contribution in [0, 0.1) is 11.3 Å². The molecule has 7 rings (SSSR count). The summed E-state index contributed by atoms with van der Waals surface area (Å²) in [6, 6.07) is 8.70. The predicted octanol–water partition coefficient (Wildman–Crippen LogP) is 5.01. The summed E-state index contributed by atoms with van der Waals surface area (Å²) in [5.74, 6) is 2.90. The highest BCUT2D eigenvalue weighted by atomic mass is 16.5. The Kier molecular flexibility index (Phi) is 6.61. The highest BCUT2D eigenvalue weighted by molar-refractivity contribution is 5.68. The molecule has 2 fully saturated rings. The van der Waals surface area contributed by atoms with E-state index < -0.39 is 0 Å². The van der Waals surface area contributed by atoms with Gasteiger partial charge in [-0.25, -0.2) is 4.98 Å². The molecule has 0 bridgehead atoms. The van der Waals surface area contributed by atoms with Crippen LogP contribution < -0.4 is 15.4 Å². The van der Waals surface area contributed by atoms with Crippen molar-refractivity contribution >= 4 is 11.5 Å². The van der Waals surface area contributed by atoms with Crippen LogP contribution in [0.25, 0.3) is 11.5 Å². The van der Waals surface area contributed by atoms with Crippen LogP contribution in [0.15, 0.2) is 22.7 Å². The molecule has 2 saturated heterocycles. The molecule has 2 N–H and O–H groups in total. The normalized spacial score (nSPS) is 24.7. The SMILES string of the molecule is CC(Oc1cc(N2CCCCC2)nc(-c2noc3c2CCCC32CCc3ccc(N)c(C#N)c32)n1)C1CCCN1C. The summed E-state index contributed by atoms with van der Waals surface area (Å²) in [7, 11) is 2.17. The monoisotopic (exact) mass is 553 g/mol. The highest BCUT2D eigenvalue weighted by Crippen LogP contribution is 2.54. The fourth-order valence-electron chi connectivity index (χ4n) is 7.92. The standard InChI is InChI=1S/C32H39N7O2/c1-20(25-9-7-15-38(25)2)40-27-18-26(39-16-4-3-5-17-39)35-31(36-27)29-22-8-6-13-32(30(22)41-37-29)14-12-21-10-11-24(34)23(19-33)28(21)32/h10-11,18,20,25H,3-9,12-17,34H2,1-2H3. The molecular formula is C32H39N7O2. The smallest absolute Gasteiger partial charge is 0.219 e. The van der Waals surface area contributed by atoms with Gasteiger partial charge in [0, 0.05) is 36.4 Å². The summed E-state index contributed by atoms with van der Waals surface area (Å²) >= 11 is 0. The molecular weight excluding hydrogens is 514 g/mol. The van der Waals surface area contributed by atoms with E-state index >= 15 is 0 Å². The molecule has 3 atom stereocenters. The van der Waals surface area contributed by atoms with Crippen molar-refractivity contribution in [1.29, 1.82) is 5.26 Å². The lowest BCUT2D eigenvalue weighted by molar-refractivity contribution is 0.117. The number of nitrogens with two attached hydrogens (primary N) is 1. The van der Waals surface area contributed by atoms with Crippen molar-refractivity contribution in [3.05, 3.63) is 46.2 Å². The number of benzene rings is 1. The van der Waals surface area contributed by atoms with Crippen molar-refractivity contribution in [2.75, 3.05) is 37.3 Å². The molecule has 0 saturated carbocycles. The zero-order valence-electron chi connectivity index (χ0n) is 24.2. The summed E-state index contributed by atoms with van der Waals surface area (Å²) in [6.45, 7) is 5.20. The second-order valence-corrected chi connectivity index (χ2v) is 12.4. The Morgan fingerprint density at radius 2 is 1.95 bits per heavy atom. The summed E-state index contributed by atoms with van der Waals surface area (Å²) in [4.78, 5) is 14.7. The van der Waals surface area contributed by atoms with Gasteiger partial charge in [0.15, 0.2) is 17.3 Å². The number of nitrogens with zero attached hydrogens (tertiary/aromatic N) is 6. The molecule has 1 spiro atoms. The van der Waals surface area contributed by atoms with Gasteiger partial charge in [-0.05, 0) is 102 Å². The predicted molar refractivity (Wildman–Crippen MR) is 157 cm³/mol. The van der Waals surface area contributed by atoms with Crippen LogP contribution in [0.4, 0.5) is 11.5 Å². The van der Waals surface area contributed by atoms with Gasteiger partial charge in [-0.3, -0.25) is 4.90 Å². The number of nitriles is 1. The van der Waals surface area contributed by atoms with Gasteiger partial charge in [-0.2, -0.15) is 10.2 Å². The first-order valence-corrected chi connectivity index (χ1v) is 15.3. The number of hydrogen-bond donors (Lipinski definition) is 1. The van der Waals surface area contributed by atoms with E-state index in [2.05, 4.69) is 41.1 Å². The van der Waals surface area contributed by atoms with Crippen LogP contribution in [0.1, 0.15) is 86.3 Å². The minimum atomic E-state index is -0.389. The van der Waals surface area contributed by atoms with E-state index in [-0.39, 0.29) is 11.5 Å². The average Bonchev–Trinajstić information content (AvgIpc) is 3.72. The Morgan fingerprint density at radius 1 is 1.10 bits per heavy atom. The number of hydrogen-bond acceptors (Lipinski definition) is 9. The molecule has 3 aromatic rings. The van der Waals surface area contributed by atoms with Crippen LogP contribution in [0.5, 0.6) is 5.88 Å². The molecule has 41 heavy (non-hydrogen) atoms. The van der Waals surface area contributed by atoms with Crippen LogP contribution in [0.2, 0.25) is 0 Å². The molecule has 1 aromatic carbocycles. The number of nitrogen functional groups attached to an aromatic ring is 1. The van der Waals surface area contributed by atoms with Gasteiger partial charge in [-0.1, -0.05) is 11.2 Å². The molecule has 4 aliphatic rings. The van der Waals surface area contributed by atoms with Gasteiger partial charge in [-0.15, -0.1) is 0 Å². The molecule has 2 aliphatic carbocycles. The first-order valence-electron chi connectivity index (χ1n) is 15.3. The lowest BCUT2D eigenvalue weighted by atomic mass is 9.68. The average molecular weight is 554 g/mol. The second-order valence-electron chi connectivity index (χ2n) is 12.4. The fraction of sp³-hybridized carbons (Fsp3) is 0.562. The number of likely N-dealkylation sites (tertiary alicyclic amines) is 1. The molecule has 2 aliphatic heterocycles. The van der Waals surface area contributed by atoms with Gasteiger partial charge in [0.25, 0.3) is 0 Å². The van der Waals surface area contributed by atoms with Crippen molar-refractivity contribution in [3.8, 4) is 23.5 Å². The van der Waals surface area contributed by atoms with Crippen molar-refractivity contribution in [2.45, 2.75) is 88.7 Å². The third-order valence-electron chi connectivity index (χ3n) is 9.99. The van der Waals surface area contributed by atoms with Crippen LogP contribution in [-0.2, 0) is 18.3 Å². The molecule has 2 aromatic heterocycles. The summed E-state index contributed by atoms with van der Waals surface area (Å²) < 4.78 is 12.8. The number of likely N-dealkylation sites (N-methyl/N-ethyl adjacent to an activating group) is 1. The Bertz CT molecular complexity index is 1500. The molecule has 0 amide bonds. The zero-order valence-corrected chi connectivity index (χ0v) is 24.2. The lowest BCUT2D eigenvalue weighted by Crippen LogP contribution is -2.38. The molecule has 214 valence electrons. The maximum atomic E-state index is 10.1. The van der Waals surface area contributed by atoms with Crippen LogP contribution in [0.3, 0.4) is 0 Å². The number of piperidine rings is 1. The minimum absolute atomic E-state index is 0.0128. The fourth-order valence-corrected chi connectivity index (χ4v) is 7.92. The van der Waals surface area contributed by atoms with E-state index in [4.69, 9.17) is 25.0 Å². The lowest BCUT2D eigenvalue weighted by Gasteiger charge is -2.33. The quantitative estimate of drug-likeness (QED) is 0.435. The highest BCUT2D eigenvalue weighted by Gasteiger charge is 2.49. The molecule has 9 heteroatoms. The van der Waals surface area contributed by atoms with Crippen LogP contribution in [-0.4, -0.2) is 58.9 Å². The largest absolute Gasteiger partial charge is 0.473 e. The number of aryl methyl sites for hydroxylation is 1. The first kappa shape index (κ1) is 26.3. The summed E-state index contributed by atoms with van der Waals surface area (Å²) in [6.07, 6.45) is 10.4.